The van der Waals surface area contributed by atoms with Gasteiger partial charge in [-0.25, -0.2) is 0 Å². The summed E-state index contributed by atoms with van der Waals surface area (Å²) in [5.41, 5.74) is 3.04. The zero-order valence-electron chi connectivity index (χ0n) is 12.5. The van der Waals surface area contributed by atoms with Crippen molar-refractivity contribution in [3.8, 4) is 5.75 Å². The van der Waals surface area contributed by atoms with Crippen molar-refractivity contribution < 1.29 is 4.43 Å². The highest BCUT2D eigenvalue weighted by molar-refractivity contribution is 6.74. The molecule has 0 amide bonds. The van der Waals surface area contributed by atoms with Crippen LogP contribution in [0.5, 0.6) is 5.75 Å². The van der Waals surface area contributed by atoms with Gasteiger partial charge in [0.25, 0.3) is 0 Å². The van der Waals surface area contributed by atoms with E-state index >= 15 is 0 Å². The average molecular weight is 262 g/mol. The van der Waals surface area contributed by atoms with E-state index in [0.717, 1.165) is 5.75 Å². The van der Waals surface area contributed by atoms with Crippen LogP contribution in [0.15, 0.2) is 18.2 Å². The predicted octanol–water partition coefficient (Wildman–Crippen LogP) is 4.95. The Morgan fingerprint density at radius 3 is 2.22 bits per heavy atom. The third kappa shape index (κ3) is 2.80. The summed E-state index contributed by atoms with van der Waals surface area (Å²) in [5.74, 6) is 1.09. The smallest absolute Gasteiger partial charge is 0.250 e. The number of rotatable bonds is 2. The van der Waals surface area contributed by atoms with Crippen molar-refractivity contribution >= 4 is 8.32 Å². The van der Waals surface area contributed by atoms with Gasteiger partial charge in [-0.05, 0) is 67.1 Å². The molecule has 100 valence electrons. The third-order valence-corrected chi connectivity index (χ3v) is 8.86. The summed E-state index contributed by atoms with van der Waals surface area (Å²) < 4.78 is 6.37. The van der Waals surface area contributed by atoms with E-state index in [1.807, 2.05) is 0 Å². The van der Waals surface area contributed by atoms with Crippen molar-refractivity contribution in [2.24, 2.45) is 0 Å². The first-order chi connectivity index (χ1) is 8.29. The number of aryl methyl sites for hydroxylation is 2. The lowest BCUT2D eigenvalue weighted by Crippen LogP contribution is -2.43. The first-order valence-corrected chi connectivity index (χ1v) is 10.0. The summed E-state index contributed by atoms with van der Waals surface area (Å²) in [4.78, 5) is 0. The van der Waals surface area contributed by atoms with Gasteiger partial charge >= 0.3 is 0 Å². The Balaban J connectivity index is 2.20. The van der Waals surface area contributed by atoms with Gasteiger partial charge in [-0.1, -0.05) is 26.8 Å². The van der Waals surface area contributed by atoms with Crippen molar-refractivity contribution in [1.29, 1.82) is 0 Å². The van der Waals surface area contributed by atoms with Gasteiger partial charge in [0, 0.05) is 0 Å². The van der Waals surface area contributed by atoms with Gasteiger partial charge in [0.1, 0.15) is 5.75 Å². The van der Waals surface area contributed by atoms with Crippen LogP contribution in [0.4, 0.5) is 0 Å². The van der Waals surface area contributed by atoms with Crippen molar-refractivity contribution in [2.45, 2.75) is 64.6 Å². The molecule has 0 saturated carbocycles. The van der Waals surface area contributed by atoms with E-state index in [1.165, 1.54) is 36.8 Å². The fourth-order valence-electron chi connectivity index (χ4n) is 2.22. The molecule has 2 heteroatoms. The SMILES string of the molecule is CC(C)(C)[Si](C)(C)Oc1ccc2c(c1)CCCC2. The second-order valence-electron chi connectivity index (χ2n) is 7.00. The quantitative estimate of drug-likeness (QED) is 0.685. The Labute approximate surface area is 113 Å². The molecule has 2 rings (SSSR count). The standard InChI is InChI=1S/C16H26OSi/c1-16(2,3)18(4,5)17-15-11-10-13-8-6-7-9-14(13)12-15/h10-12H,6-9H2,1-5H3. The lowest BCUT2D eigenvalue weighted by Gasteiger charge is -2.36. The topological polar surface area (TPSA) is 9.23 Å². The van der Waals surface area contributed by atoms with Crippen LogP contribution in [0.2, 0.25) is 18.1 Å². The lowest BCUT2D eigenvalue weighted by molar-refractivity contribution is 0.490. The van der Waals surface area contributed by atoms with Crippen LogP contribution in [0.1, 0.15) is 44.7 Å². The Bertz CT molecular complexity index is 429. The number of fused-ring (bicyclic) bond motifs is 1. The minimum atomic E-state index is -1.69. The molecule has 1 aliphatic carbocycles. The Morgan fingerprint density at radius 1 is 1.00 bits per heavy atom. The van der Waals surface area contributed by atoms with Gasteiger partial charge in [0.15, 0.2) is 0 Å². The molecule has 0 radical (unpaired) electrons. The van der Waals surface area contributed by atoms with Crippen molar-refractivity contribution in [3.63, 3.8) is 0 Å². The fourth-order valence-corrected chi connectivity index (χ4v) is 3.24. The van der Waals surface area contributed by atoms with Crippen LogP contribution in [0, 0.1) is 0 Å². The molecule has 0 atom stereocenters. The van der Waals surface area contributed by atoms with Gasteiger partial charge in [-0.15, -0.1) is 0 Å². The minimum Gasteiger partial charge on any atom is -0.543 e. The van der Waals surface area contributed by atoms with Crippen molar-refractivity contribution in [1.82, 2.24) is 0 Å². The first kappa shape index (κ1) is 13.7. The number of benzene rings is 1. The van der Waals surface area contributed by atoms with Gasteiger partial charge < -0.3 is 4.43 Å². The molecular weight excluding hydrogens is 236 g/mol. The molecule has 1 aromatic carbocycles. The largest absolute Gasteiger partial charge is 0.543 e. The van der Waals surface area contributed by atoms with E-state index in [2.05, 4.69) is 52.1 Å². The summed E-state index contributed by atoms with van der Waals surface area (Å²) in [6, 6.07) is 6.73. The Morgan fingerprint density at radius 2 is 1.61 bits per heavy atom. The van der Waals surface area contributed by atoms with E-state index < -0.39 is 8.32 Å². The Hall–Kier alpha value is -0.763. The van der Waals surface area contributed by atoms with Crippen LogP contribution in [-0.4, -0.2) is 8.32 Å². The van der Waals surface area contributed by atoms with Crippen LogP contribution < -0.4 is 4.43 Å². The van der Waals surface area contributed by atoms with Crippen LogP contribution in [0.25, 0.3) is 0 Å². The third-order valence-electron chi connectivity index (χ3n) is 4.50. The maximum atomic E-state index is 6.37. The van der Waals surface area contributed by atoms with Gasteiger partial charge in [0.2, 0.25) is 8.32 Å². The molecule has 1 aliphatic rings. The maximum absolute atomic E-state index is 6.37. The van der Waals surface area contributed by atoms with E-state index in [1.54, 1.807) is 0 Å². The zero-order chi connectivity index (χ0) is 13.4. The average Bonchev–Trinajstić information content (AvgIpc) is 2.27. The van der Waals surface area contributed by atoms with Crippen molar-refractivity contribution in [3.05, 3.63) is 29.3 Å². The van der Waals surface area contributed by atoms with E-state index in [-0.39, 0.29) is 5.04 Å². The molecule has 0 spiro atoms. The highest BCUT2D eigenvalue weighted by atomic mass is 28.4. The predicted molar refractivity (Wildman–Crippen MR) is 80.9 cm³/mol. The lowest BCUT2D eigenvalue weighted by atomic mass is 9.92. The Kier molecular flexibility index (Phi) is 3.59. The molecule has 1 nitrogen and oxygen atoms in total. The first-order valence-electron chi connectivity index (χ1n) is 7.10. The fraction of sp³-hybridized carbons (Fsp3) is 0.625. The molecule has 0 unspecified atom stereocenters. The van der Waals surface area contributed by atoms with Crippen LogP contribution >= 0.6 is 0 Å². The zero-order valence-corrected chi connectivity index (χ0v) is 13.5. The van der Waals surface area contributed by atoms with Gasteiger partial charge in [0.05, 0.1) is 0 Å². The van der Waals surface area contributed by atoms with E-state index in [9.17, 15) is 0 Å². The number of hydrogen-bond acceptors (Lipinski definition) is 1. The molecule has 18 heavy (non-hydrogen) atoms. The summed E-state index contributed by atoms with van der Waals surface area (Å²) in [6.07, 6.45) is 5.14. The summed E-state index contributed by atoms with van der Waals surface area (Å²) in [6.45, 7) is 11.5. The highest BCUT2D eigenvalue weighted by Crippen LogP contribution is 2.38. The van der Waals surface area contributed by atoms with Gasteiger partial charge in [-0.2, -0.15) is 0 Å². The molecule has 0 N–H and O–H groups in total. The summed E-state index contributed by atoms with van der Waals surface area (Å²) in [5, 5.41) is 0.267. The second-order valence-corrected chi connectivity index (χ2v) is 11.7. The monoisotopic (exact) mass is 262 g/mol. The van der Waals surface area contributed by atoms with Gasteiger partial charge in [-0.3, -0.25) is 0 Å². The normalized spacial score (nSPS) is 16.3. The van der Waals surface area contributed by atoms with Crippen molar-refractivity contribution in [2.75, 3.05) is 0 Å². The molecule has 0 heterocycles. The van der Waals surface area contributed by atoms with Crippen LogP contribution in [-0.2, 0) is 12.8 Å². The van der Waals surface area contributed by atoms with E-state index in [0.29, 0.717) is 0 Å². The molecule has 0 saturated heterocycles. The summed E-state index contributed by atoms with van der Waals surface area (Å²) in [7, 11) is -1.69. The minimum absolute atomic E-state index is 0.267. The molecule has 0 aromatic heterocycles. The summed E-state index contributed by atoms with van der Waals surface area (Å²) >= 11 is 0. The maximum Gasteiger partial charge on any atom is 0.250 e. The molecule has 0 aliphatic heterocycles. The van der Waals surface area contributed by atoms with E-state index in [4.69, 9.17) is 4.43 Å². The molecule has 0 bridgehead atoms. The molecule has 1 aromatic rings. The molecule has 0 fully saturated rings. The molecular formula is C16H26OSi. The number of hydrogen-bond donors (Lipinski definition) is 0. The highest BCUT2D eigenvalue weighted by Gasteiger charge is 2.39. The van der Waals surface area contributed by atoms with Crippen LogP contribution in [0.3, 0.4) is 0 Å². The second kappa shape index (κ2) is 4.73.